The van der Waals surface area contributed by atoms with E-state index in [0.29, 0.717) is 30.4 Å². The van der Waals surface area contributed by atoms with Crippen LogP contribution in [0.15, 0.2) is 18.3 Å². The summed E-state index contributed by atoms with van der Waals surface area (Å²) in [4.78, 5) is 20.8. The van der Waals surface area contributed by atoms with Crippen molar-refractivity contribution in [1.29, 1.82) is 0 Å². The quantitative estimate of drug-likeness (QED) is 0.502. The third kappa shape index (κ3) is 2.72. The number of hydrogen-bond donors (Lipinski definition) is 2. The topological polar surface area (TPSA) is 148 Å². The number of fused-ring (bicyclic) bond motifs is 1. The minimum absolute atomic E-state index is 0.139. The number of amides is 1. The highest BCUT2D eigenvalue weighted by atomic mass is 16.1. The number of hydrogen-bond acceptors (Lipinski definition) is 7. The summed E-state index contributed by atoms with van der Waals surface area (Å²) in [6.07, 6.45) is 1.68. The van der Waals surface area contributed by atoms with E-state index in [2.05, 4.69) is 25.3 Å². The second-order valence-electron chi connectivity index (χ2n) is 6.34. The molecule has 0 saturated heterocycles. The average Bonchev–Trinajstić information content (AvgIpc) is 3.37. The molecule has 0 atom stereocenters. The van der Waals surface area contributed by atoms with E-state index in [1.165, 1.54) is 0 Å². The molecular formula is C17H20N10O. The number of nitrogens with two attached hydrogens (primary N) is 2. The van der Waals surface area contributed by atoms with Gasteiger partial charge in [0.05, 0.1) is 17.4 Å². The van der Waals surface area contributed by atoms with Gasteiger partial charge in [0.1, 0.15) is 17.1 Å². The monoisotopic (exact) mass is 380 g/mol. The number of pyridine rings is 1. The third-order valence-corrected chi connectivity index (χ3v) is 4.54. The van der Waals surface area contributed by atoms with Crippen LogP contribution in [0.5, 0.6) is 0 Å². The van der Waals surface area contributed by atoms with E-state index in [1.54, 1.807) is 40.4 Å². The van der Waals surface area contributed by atoms with Gasteiger partial charge in [-0.1, -0.05) is 0 Å². The average molecular weight is 380 g/mol. The highest BCUT2D eigenvalue weighted by Gasteiger charge is 2.21. The normalized spacial score (nSPS) is 11.4. The van der Waals surface area contributed by atoms with Crippen LogP contribution in [0.25, 0.3) is 33.9 Å². The van der Waals surface area contributed by atoms with Crippen molar-refractivity contribution in [2.75, 3.05) is 0 Å². The van der Waals surface area contributed by atoms with Crippen molar-refractivity contribution in [2.45, 2.75) is 20.0 Å². The molecule has 4 aromatic rings. The minimum Gasteiger partial charge on any atom is -0.364 e. The zero-order valence-corrected chi connectivity index (χ0v) is 15.8. The Hall–Kier alpha value is -3.60. The van der Waals surface area contributed by atoms with Crippen LogP contribution in [-0.4, -0.2) is 45.2 Å². The molecule has 0 fully saturated rings. The molecule has 0 spiro atoms. The number of nitrogens with zero attached hydrogens (tertiary/aromatic N) is 8. The van der Waals surface area contributed by atoms with Crippen molar-refractivity contribution < 1.29 is 4.79 Å². The van der Waals surface area contributed by atoms with E-state index in [0.717, 1.165) is 22.3 Å². The maximum Gasteiger partial charge on any atom is 0.267 e. The second-order valence-corrected chi connectivity index (χ2v) is 6.34. The fourth-order valence-electron chi connectivity index (χ4n) is 3.13. The number of aryl methyl sites for hydroxylation is 3. The Bertz CT molecular complexity index is 1200. The van der Waals surface area contributed by atoms with Gasteiger partial charge in [0.15, 0.2) is 11.6 Å². The van der Waals surface area contributed by atoms with Gasteiger partial charge in [-0.2, -0.15) is 10.2 Å². The first-order valence-electron chi connectivity index (χ1n) is 8.74. The van der Waals surface area contributed by atoms with Crippen LogP contribution in [0, 0.1) is 0 Å². The van der Waals surface area contributed by atoms with Gasteiger partial charge in [-0.25, -0.2) is 14.6 Å². The molecule has 0 aliphatic rings. The number of rotatable bonds is 5. The van der Waals surface area contributed by atoms with Crippen LogP contribution in [-0.2, 0) is 27.2 Å². The number of carbonyl (C=O) groups is 1. The molecule has 4 aromatic heterocycles. The molecule has 0 bridgehead atoms. The third-order valence-electron chi connectivity index (χ3n) is 4.54. The Morgan fingerprint density at radius 1 is 1.14 bits per heavy atom. The van der Waals surface area contributed by atoms with Gasteiger partial charge < -0.3 is 11.5 Å². The maximum atomic E-state index is 11.8. The van der Waals surface area contributed by atoms with Crippen LogP contribution >= 0.6 is 0 Å². The van der Waals surface area contributed by atoms with E-state index in [1.807, 2.05) is 13.0 Å². The molecule has 11 heteroatoms. The summed E-state index contributed by atoms with van der Waals surface area (Å²) < 4.78 is 5.07. The van der Waals surface area contributed by atoms with Gasteiger partial charge in [0.25, 0.3) is 5.91 Å². The maximum absolute atomic E-state index is 11.8. The molecular weight excluding hydrogens is 360 g/mol. The lowest BCUT2D eigenvalue weighted by Crippen LogP contribution is -2.14. The molecule has 4 heterocycles. The molecule has 4 N–H and O–H groups in total. The van der Waals surface area contributed by atoms with Crippen molar-refractivity contribution in [2.24, 2.45) is 25.6 Å². The summed E-state index contributed by atoms with van der Waals surface area (Å²) in [5.41, 5.74) is 14.1. The standard InChI is InChI=1S/C17H20N10O/c1-4-27-13(5-9(7-18)23-27)16-22-17(26(3)24-16)14-10-8-20-25(2)12(10)6-11(21-14)15(19)28/h5-6,8H,4,7,18H2,1-3H3,(H2,19,28). The Balaban J connectivity index is 1.92. The first-order valence-corrected chi connectivity index (χ1v) is 8.74. The fraction of sp³-hybridized carbons (Fsp3) is 0.294. The summed E-state index contributed by atoms with van der Waals surface area (Å²) in [6, 6.07) is 3.49. The summed E-state index contributed by atoms with van der Waals surface area (Å²) >= 11 is 0. The lowest BCUT2D eigenvalue weighted by atomic mass is 10.2. The molecule has 28 heavy (non-hydrogen) atoms. The van der Waals surface area contributed by atoms with E-state index in [-0.39, 0.29) is 5.69 Å². The van der Waals surface area contributed by atoms with Crippen LogP contribution < -0.4 is 11.5 Å². The molecule has 0 aliphatic carbocycles. The van der Waals surface area contributed by atoms with Crippen LogP contribution in [0.3, 0.4) is 0 Å². The summed E-state index contributed by atoms with van der Waals surface area (Å²) in [5.74, 6) is 0.368. The zero-order valence-electron chi connectivity index (χ0n) is 15.8. The van der Waals surface area contributed by atoms with E-state index in [9.17, 15) is 4.79 Å². The highest BCUT2D eigenvalue weighted by molar-refractivity contribution is 5.99. The van der Waals surface area contributed by atoms with Crippen molar-refractivity contribution in [3.8, 4) is 23.0 Å². The lowest BCUT2D eigenvalue weighted by Gasteiger charge is -2.04. The highest BCUT2D eigenvalue weighted by Crippen LogP contribution is 2.28. The van der Waals surface area contributed by atoms with Crippen LogP contribution in [0.1, 0.15) is 23.1 Å². The zero-order chi connectivity index (χ0) is 20.0. The lowest BCUT2D eigenvalue weighted by molar-refractivity contribution is 0.0996. The fourth-order valence-corrected chi connectivity index (χ4v) is 3.13. The Morgan fingerprint density at radius 2 is 1.93 bits per heavy atom. The smallest absolute Gasteiger partial charge is 0.267 e. The van der Waals surface area contributed by atoms with Crippen LogP contribution in [0.2, 0.25) is 0 Å². The number of carbonyl (C=O) groups excluding carboxylic acids is 1. The SMILES string of the molecule is CCn1nc(CN)cc1-c1nc(-c2nc(C(N)=O)cc3c2cnn3C)n(C)n1. The van der Waals surface area contributed by atoms with E-state index in [4.69, 9.17) is 11.5 Å². The molecule has 0 unspecified atom stereocenters. The molecule has 0 saturated carbocycles. The van der Waals surface area contributed by atoms with Crippen molar-refractivity contribution >= 4 is 16.8 Å². The van der Waals surface area contributed by atoms with Gasteiger partial charge in [0.2, 0.25) is 0 Å². The van der Waals surface area contributed by atoms with E-state index < -0.39 is 5.91 Å². The first-order chi connectivity index (χ1) is 13.4. The van der Waals surface area contributed by atoms with Crippen molar-refractivity contribution in [1.82, 2.24) is 39.3 Å². The minimum atomic E-state index is -0.622. The summed E-state index contributed by atoms with van der Waals surface area (Å²) in [7, 11) is 3.55. The largest absolute Gasteiger partial charge is 0.364 e. The van der Waals surface area contributed by atoms with Gasteiger partial charge in [-0.15, -0.1) is 5.10 Å². The van der Waals surface area contributed by atoms with Crippen molar-refractivity contribution in [3.05, 3.63) is 29.7 Å². The van der Waals surface area contributed by atoms with Gasteiger partial charge in [-0.3, -0.25) is 14.2 Å². The summed E-state index contributed by atoms with van der Waals surface area (Å²) in [5, 5.41) is 14.0. The molecule has 11 nitrogen and oxygen atoms in total. The predicted octanol–water partition coefficient (Wildman–Crippen LogP) is 0.205. The van der Waals surface area contributed by atoms with Crippen LogP contribution in [0.4, 0.5) is 0 Å². The molecule has 0 aliphatic heterocycles. The molecule has 0 radical (unpaired) electrons. The molecule has 1 amide bonds. The summed E-state index contributed by atoms with van der Waals surface area (Å²) in [6.45, 7) is 2.97. The first kappa shape index (κ1) is 17.8. The number of primary amides is 1. The second kappa shape index (κ2) is 6.53. The van der Waals surface area contributed by atoms with E-state index >= 15 is 0 Å². The Morgan fingerprint density at radius 3 is 2.61 bits per heavy atom. The van der Waals surface area contributed by atoms with Crippen molar-refractivity contribution in [3.63, 3.8) is 0 Å². The Labute approximate surface area is 160 Å². The predicted molar refractivity (Wildman–Crippen MR) is 102 cm³/mol. The Kier molecular flexibility index (Phi) is 4.15. The van der Waals surface area contributed by atoms with Gasteiger partial charge in [0, 0.05) is 32.6 Å². The number of aromatic nitrogens is 8. The molecule has 0 aromatic carbocycles. The van der Waals surface area contributed by atoms with Gasteiger partial charge in [-0.05, 0) is 19.1 Å². The molecule has 144 valence electrons. The van der Waals surface area contributed by atoms with Gasteiger partial charge >= 0.3 is 0 Å². The molecule has 4 rings (SSSR count).